The van der Waals surface area contributed by atoms with Crippen LogP contribution >= 0.6 is 0 Å². The molecule has 2 heterocycles. The first-order valence-corrected chi connectivity index (χ1v) is 11.6. The lowest BCUT2D eigenvalue weighted by atomic mass is 10.2. The zero-order valence-electron chi connectivity index (χ0n) is 17.3. The molecule has 2 amide bonds. The van der Waals surface area contributed by atoms with Gasteiger partial charge < -0.3 is 10.6 Å². The molecule has 0 unspecified atom stereocenters. The Kier molecular flexibility index (Phi) is 6.33. The maximum absolute atomic E-state index is 12.8. The van der Waals surface area contributed by atoms with Crippen LogP contribution in [0, 0.1) is 0 Å². The molecular formula is C22H23N5O4S. The molecule has 0 saturated carbocycles. The minimum Gasteiger partial charge on any atom is -0.354 e. The van der Waals surface area contributed by atoms with Gasteiger partial charge in [0.05, 0.1) is 22.8 Å². The SMILES string of the molecule is O=C1CN(S(=O)(=O)c2cccc(C(=O)NCCc3ccn(-c4ccccc4)n3)c2)CCN1. The van der Waals surface area contributed by atoms with Crippen molar-refractivity contribution in [3.63, 3.8) is 0 Å². The minimum atomic E-state index is -3.86. The van der Waals surface area contributed by atoms with Crippen LogP contribution in [-0.4, -0.2) is 60.5 Å². The Hall–Kier alpha value is -3.50. The lowest BCUT2D eigenvalue weighted by molar-refractivity contribution is -0.122. The Bertz CT molecular complexity index is 1220. The fourth-order valence-electron chi connectivity index (χ4n) is 3.39. The Labute approximate surface area is 186 Å². The predicted molar refractivity (Wildman–Crippen MR) is 118 cm³/mol. The third-order valence-electron chi connectivity index (χ3n) is 5.07. The third-order valence-corrected chi connectivity index (χ3v) is 6.91. The van der Waals surface area contributed by atoms with Crippen LogP contribution in [0.5, 0.6) is 0 Å². The second-order valence-electron chi connectivity index (χ2n) is 7.31. The van der Waals surface area contributed by atoms with Gasteiger partial charge in [-0.3, -0.25) is 9.59 Å². The minimum absolute atomic E-state index is 0.0125. The normalized spacial score (nSPS) is 14.7. The summed E-state index contributed by atoms with van der Waals surface area (Å²) >= 11 is 0. The molecule has 1 aliphatic rings. The van der Waals surface area contributed by atoms with Gasteiger partial charge in [-0.2, -0.15) is 9.40 Å². The summed E-state index contributed by atoms with van der Waals surface area (Å²) in [5.74, 6) is -0.718. The highest BCUT2D eigenvalue weighted by Gasteiger charge is 2.29. The van der Waals surface area contributed by atoms with Crippen molar-refractivity contribution < 1.29 is 18.0 Å². The molecule has 0 spiro atoms. The number of aromatic nitrogens is 2. The van der Waals surface area contributed by atoms with Gasteiger partial charge in [-0.1, -0.05) is 24.3 Å². The number of carbonyl (C=O) groups excluding carboxylic acids is 2. The number of hydrogen-bond acceptors (Lipinski definition) is 5. The summed E-state index contributed by atoms with van der Waals surface area (Å²) in [6.07, 6.45) is 2.40. The molecule has 0 aliphatic carbocycles. The van der Waals surface area contributed by atoms with E-state index in [4.69, 9.17) is 0 Å². The van der Waals surface area contributed by atoms with Crippen LogP contribution in [0.4, 0.5) is 0 Å². The van der Waals surface area contributed by atoms with Crippen LogP contribution in [-0.2, 0) is 21.2 Å². The van der Waals surface area contributed by atoms with Crippen molar-refractivity contribution in [3.05, 3.63) is 78.1 Å². The second-order valence-corrected chi connectivity index (χ2v) is 9.25. The molecule has 1 aliphatic heterocycles. The molecule has 9 nitrogen and oxygen atoms in total. The zero-order valence-corrected chi connectivity index (χ0v) is 18.1. The standard InChI is InChI=1S/C22H23N5O4S/c28-21-16-26(14-12-23-21)32(30,31)20-8-4-5-17(15-20)22(29)24-11-9-18-10-13-27(25-18)19-6-2-1-3-7-19/h1-8,10,13,15H,9,11-12,14,16H2,(H,23,28)(H,24,29). The zero-order chi connectivity index (χ0) is 22.6. The van der Waals surface area contributed by atoms with Gasteiger partial charge in [0.15, 0.2) is 0 Å². The quantitative estimate of drug-likeness (QED) is 0.553. The van der Waals surface area contributed by atoms with Gasteiger partial charge in [0, 0.05) is 37.8 Å². The molecule has 166 valence electrons. The van der Waals surface area contributed by atoms with Crippen molar-refractivity contribution in [1.82, 2.24) is 24.7 Å². The molecule has 0 atom stereocenters. The molecule has 1 fully saturated rings. The average Bonchev–Trinajstić information content (AvgIpc) is 3.29. The van der Waals surface area contributed by atoms with Crippen molar-refractivity contribution in [1.29, 1.82) is 0 Å². The van der Waals surface area contributed by atoms with Gasteiger partial charge in [0.1, 0.15) is 0 Å². The molecule has 0 bridgehead atoms. The Morgan fingerprint density at radius 3 is 2.69 bits per heavy atom. The van der Waals surface area contributed by atoms with E-state index in [1.54, 1.807) is 10.7 Å². The predicted octanol–water partition coefficient (Wildman–Crippen LogP) is 0.965. The van der Waals surface area contributed by atoms with Crippen molar-refractivity contribution in [3.8, 4) is 5.69 Å². The number of nitrogens with zero attached hydrogens (tertiary/aromatic N) is 3. The third kappa shape index (κ3) is 4.87. The van der Waals surface area contributed by atoms with Gasteiger partial charge in [0.2, 0.25) is 15.9 Å². The van der Waals surface area contributed by atoms with Gasteiger partial charge in [-0.15, -0.1) is 0 Å². The van der Waals surface area contributed by atoms with Crippen LogP contribution in [0.1, 0.15) is 16.1 Å². The van der Waals surface area contributed by atoms with E-state index in [0.29, 0.717) is 13.0 Å². The molecule has 2 N–H and O–H groups in total. The van der Waals surface area contributed by atoms with E-state index >= 15 is 0 Å². The van der Waals surface area contributed by atoms with Crippen molar-refractivity contribution in [2.75, 3.05) is 26.2 Å². The van der Waals surface area contributed by atoms with Gasteiger partial charge in [-0.25, -0.2) is 13.1 Å². The Balaban J connectivity index is 1.37. The Morgan fingerprint density at radius 2 is 1.91 bits per heavy atom. The fourth-order valence-corrected chi connectivity index (χ4v) is 4.84. The van der Waals surface area contributed by atoms with E-state index in [9.17, 15) is 18.0 Å². The first kappa shape index (κ1) is 21.7. The maximum Gasteiger partial charge on any atom is 0.251 e. The lowest BCUT2D eigenvalue weighted by Gasteiger charge is -2.26. The largest absolute Gasteiger partial charge is 0.354 e. The van der Waals surface area contributed by atoms with E-state index in [2.05, 4.69) is 15.7 Å². The fraction of sp³-hybridized carbons (Fsp3) is 0.227. The van der Waals surface area contributed by atoms with Gasteiger partial charge >= 0.3 is 0 Å². The summed E-state index contributed by atoms with van der Waals surface area (Å²) in [5, 5.41) is 9.90. The Morgan fingerprint density at radius 1 is 1.09 bits per heavy atom. The summed E-state index contributed by atoms with van der Waals surface area (Å²) in [6.45, 7) is 0.584. The molecule has 10 heteroatoms. The second kappa shape index (κ2) is 9.33. The highest BCUT2D eigenvalue weighted by molar-refractivity contribution is 7.89. The highest BCUT2D eigenvalue weighted by atomic mass is 32.2. The van der Waals surface area contributed by atoms with Crippen LogP contribution in [0.25, 0.3) is 5.69 Å². The summed E-state index contributed by atoms with van der Waals surface area (Å²) in [4.78, 5) is 24.1. The lowest BCUT2D eigenvalue weighted by Crippen LogP contribution is -2.49. The monoisotopic (exact) mass is 453 g/mol. The summed E-state index contributed by atoms with van der Waals surface area (Å²) < 4.78 is 28.5. The van der Waals surface area contributed by atoms with Crippen LogP contribution in [0.3, 0.4) is 0 Å². The van der Waals surface area contributed by atoms with Crippen LogP contribution in [0.2, 0.25) is 0 Å². The molecule has 4 rings (SSSR count). The number of sulfonamides is 1. The van der Waals surface area contributed by atoms with Crippen LogP contribution < -0.4 is 10.6 Å². The summed E-state index contributed by atoms with van der Waals surface area (Å²) in [7, 11) is -3.86. The highest BCUT2D eigenvalue weighted by Crippen LogP contribution is 2.18. The van der Waals surface area contributed by atoms with E-state index < -0.39 is 10.0 Å². The number of carbonyl (C=O) groups is 2. The van der Waals surface area contributed by atoms with Crippen molar-refractivity contribution in [2.45, 2.75) is 11.3 Å². The number of nitrogens with one attached hydrogen (secondary N) is 2. The number of hydrogen-bond donors (Lipinski definition) is 2. The number of para-hydroxylation sites is 1. The number of rotatable bonds is 7. The maximum atomic E-state index is 12.8. The average molecular weight is 454 g/mol. The number of piperazine rings is 1. The smallest absolute Gasteiger partial charge is 0.251 e. The van der Waals surface area contributed by atoms with E-state index in [1.807, 2.05) is 42.6 Å². The van der Waals surface area contributed by atoms with Crippen LogP contribution in [0.15, 0.2) is 71.8 Å². The van der Waals surface area contributed by atoms with Gasteiger partial charge in [-0.05, 0) is 36.4 Å². The molecular weight excluding hydrogens is 430 g/mol. The number of benzene rings is 2. The molecule has 32 heavy (non-hydrogen) atoms. The first-order chi connectivity index (χ1) is 15.4. The summed E-state index contributed by atoms with van der Waals surface area (Å²) in [6, 6.07) is 17.4. The van der Waals surface area contributed by atoms with E-state index in [0.717, 1.165) is 15.7 Å². The first-order valence-electron chi connectivity index (χ1n) is 10.2. The molecule has 2 aromatic carbocycles. The topological polar surface area (TPSA) is 113 Å². The molecule has 1 saturated heterocycles. The van der Waals surface area contributed by atoms with Crippen molar-refractivity contribution >= 4 is 21.8 Å². The molecule has 3 aromatic rings. The van der Waals surface area contributed by atoms with Gasteiger partial charge in [0.25, 0.3) is 5.91 Å². The summed E-state index contributed by atoms with van der Waals surface area (Å²) in [5.41, 5.74) is 2.02. The van der Waals surface area contributed by atoms with E-state index in [1.165, 1.54) is 18.2 Å². The van der Waals surface area contributed by atoms with E-state index in [-0.39, 0.29) is 41.9 Å². The molecule has 1 aromatic heterocycles. The number of amides is 2. The molecule has 0 radical (unpaired) electrons. The van der Waals surface area contributed by atoms with Crippen molar-refractivity contribution in [2.24, 2.45) is 0 Å².